The first-order valence-electron chi connectivity index (χ1n) is 11.3. The number of halogens is 4. The summed E-state index contributed by atoms with van der Waals surface area (Å²) in [5.74, 6) is 0.134. The molecule has 0 bridgehead atoms. The molecule has 0 aliphatic heterocycles. The molecule has 1 heterocycles. The monoisotopic (exact) mass is 564 g/mol. The number of alkyl halides is 3. The number of Topliss-reactive ketones (excluding diaryl/α,β-unsaturated/α-hetero) is 1. The zero-order chi connectivity index (χ0) is 27.6. The van der Waals surface area contributed by atoms with E-state index in [0.29, 0.717) is 44.2 Å². The number of H-pyrrole nitrogens is 1. The number of hydrogen-bond acceptors (Lipinski definition) is 6. The van der Waals surface area contributed by atoms with E-state index in [9.17, 15) is 18.0 Å². The molecule has 0 aliphatic rings. The molecule has 4 aromatic rings. The number of anilines is 1. The third-order valence-electron chi connectivity index (χ3n) is 5.89. The van der Waals surface area contributed by atoms with Crippen molar-refractivity contribution in [3.05, 3.63) is 76.4 Å². The SMILES string of the molecule is COc1cc(NC(C(=O)c2c[nH]c3c(C)cc(OC(F)(F)F)cc23)c2ccc(Cl)cc2OC)cc(SC)c1. The molecule has 6 nitrogen and oxygen atoms in total. The Labute approximate surface area is 226 Å². The van der Waals surface area contributed by atoms with E-state index in [-0.39, 0.29) is 5.56 Å². The number of rotatable bonds is 9. The summed E-state index contributed by atoms with van der Waals surface area (Å²) >= 11 is 7.67. The predicted octanol–water partition coefficient (Wildman–Crippen LogP) is 7.80. The standard InChI is InChI=1S/C27H24ClF3N2O4S/c1-14-7-18(37-27(29,30)31)12-21-22(13-32-24(14)21)26(34)25(20-6-5-15(28)8-23(20)36-3)33-16-9-17(35-2)11-19(10-16)38-4/h5-13,25,32-33H,1-4H3. The van der Waals surface area contributed by atoms with Crippen molar-refractivity contribution in [1.29, 1.82) is 0 Å². The highest BCUT2D eigenvalue weighted by Gasteiger charge is 2.32. The minimum atomic E-state index is -4.87. The Morgan fingerprint density at radius 3 is 2.47 bits per heavy atom. The van der Waals surface area contributed by atoms with Gasteiger partial charge in [-0.1, -0.05) is 17.7 Å². The molecule has 2 N–H and O–H groups in total. The van der Waals surface area contributed by atoms with Crippen LogP contribution in [0, 0.1) is 6.92 Å². The van der Waals surface area contributed by atoms with Crippen LogP contribution in [0.4, 0.5) is 18.9 Å². The van der Waals surface area contributed by atoms with Crippen molar-refractivity contribution in [3.8, 4) is 17.2 Å². The van der Waals surface area contributed by atoms with Gasteiger partial charge in [-0.3, -0.25) is 4.79 Å². The van der Waals surface area contributed by atoms with Crippen molar-refractivity contribution < 1.29 is 32.2 Å². The number of aromatic nitrogens is 1. The van der Waals surface area contributed by atoms with Crippen molar-refractivity contribution in [1.82, 2.24) is 4.98 Å². The lowest BCUT2D eigenvalue weighted by Gasteiger charge is -2.22. The Balaban J connectivity index is 1.86. The van der Waals surface area contributed by atoms with Gasteiger partial charge in [-0.2, -0.15) is 0 Å². The van der Waals surface area contributed by atoms with Crippen molar-refractivity contribution >= 4 is 45.7 Å². The molecule has 0 radical (unpaired) electrons. The number of fused-ring (bicyclic) bond motifs is 1. The van der Waals surface area contributed by atoms with Crippen LogP contribution in [0.3, 0.4) is 0 Å². The third kappa shape index (κ3) is 5.97. The van der Waals surface area contributed by atoms with Gasteiger partial charge in [-0.15, -0.1) is 24.9 Å². The van der Waals surface area contributed by atoms with Crippen molar-refractivity contribution in [2.45, 2.75) is 24.2 Å². The lowest BCUT2D eigenvalue weighted by atomic mass is 9.95. The molecule has 0 saturated carbocycles. The summed E-state index contributed by atoms with van der Waals surface area (Å²) in [5.41, 5.74) is 2.28. The molecule has 11 heteroatoms. The van der Waals surface area contributed by atoms with E-state index in [1.807, 2.05) is 18.4 Å². The first kappa shape index (κ1) is 27.5. The second kappa shape index (κ2) is 11.1. The minimum absolute atomic E-state index is 0.179. The summed E-state index contributed by atoms with van der Waals surface area (Å²) in [5, 5.41) is 3.98. The van der Waals surface area contributed by atoms with Gasteiger partial charge < -0.3 is 24.5 Å². The number of thioether (sulfide) groups is 1. The van der Waals surface area contributed by atoms with Crippen LogP contribution in [0.5, 0.6) is 17.2 Å². The van der Waals surface area contributed by atoms with Crippen LogP contribution < -0.4 is 19.5 Å². The van der Waals surface area contributed by atoms with Gasteiger partial charge in [0.1, 0.15) is 23.3 Å². The lowest BCUT2D eigenvalue weighted by molar-refractivity contribution is -0.274. The normalized spacial score (nSPS) is 12.3. The zero-order valence-corrected chi connectivity index (χ0v) is 22.4. The summed E-state index contributed by atoms with van der Waals surface area (Å²) in [6, 6.07) is 11.8. The highest BCUT2D eigenvalue weighted by atomic mass is 35.5. The highest BCUT2D eigenvalue weighted by Crippen LogP contribution is 2.37. The maximum atomic E-state index is 14.1. The van der Waals surface area contributed by atoms with Crippen LogP contribution in [0.2, 0.25) is 5.02 Å². The molecule has 0 fully saturated rings. The average Bonchev–Trinajstić information content (AvgIpc) is 3.30. The van der Waals surface area contributed by atoms with Crippen molar-refractivity contribution in [2.75, 3.05) is 25.8 Å². The zero-order valence-electron chi connectivity index (χ0n) is 20.8. The maximum absolute atomic E-state index is 14.1. The number of hydrogen-bond donors (Lipinski definition) is 2. The molecule has 38 heavy (non-hydrogen) atoms. The molecule has 200 valence electrons. The summed E-state index contributed by atoms with van der Waals surface area (Å²) < 4.78 is 53.9. The molecule has 1 aromatic heterocycles. The van der Waals surface area contributed by atoms with E-state index in [1.165, 1.54) is 37.2 Å². The van der Waals surface area contributed by atoms with Gasteiger partial charge in [-0.25, -0.2) is 0 Å². The van der Waals surface area contributed by atoms with Crippen LogP contribution in [-0.2, 0) is 0 Å². The van der Waals surface area contributed by atoms with Crippen LogP contribution in [0.15, 0.2) is 59.6 Å². The number of aromatic amines is 1. The Morgan fingerprint density at radius 1 is 1.05 bits per heavy atom. The fourth-order valence-electron chi connectivity index (χ4n) is 4.20. The Kier molecular flexibility index (Phi) is 8.03. The fraction of sp³-hybridized carbons (Fsp3) is 0.222. The molecule has 0 saturated heterocycles. The predicted molar refractivity (Wildman–Crippen MR) is 143 cm³/mol. The number of ether oxygens (including phenoxy) is 3. The van der Waals surface area contributed by atoms with E-state index in [2.05, 4.69) is 15.0 Å². The van der Waals surface area contributed by atoms with Crippen molar-refractivity contribution in [3.63, 3.8) is 0 Å². The maximum Gasteiger partial charge on any atom is 0.573 e. The smallest absolute Gasteiger partial charge is 0.497 e. The van der Waals surface area contributed by atoms with Gasteiger partial charge in [0, 0.05) is 49.9 Å². The molecular formula is C27H24ClF3N2O4S. The lowest BCUT2D eigenvalue weighted by Crippen LogP contribution is -2.22. The van der Waals surface area contributed by atoms with Gasteiger partial charge in [-0.05, 0) is 55.1 Å². The second-order valence-electron chi connectivity index (χ2n) is 8.34. The summed E-state index contributed by atoms with van der Waals surface area (Å²) in [6.07, 6.45) is -1.48. The van der Waals surface area contributed by atoms with E-state index >= 15 is 0 Å². The van der Waals surface area contributed by atoms with E-state index in [1.54, 1.807) is 38.3 Å². The van der Waals surface area contributed by atoms with Gasteiger partial charge in [0.05, 0.1) is 14.2 Å². The van der Waals surface area contributed by atoms with Crippen LogP contribution in [-0.4, -0.2) is 37.6 Å². The Morgan fingerprint density at radius 2 is 1.82 bits per heavy atom. The topological polar surface area (TPSA) is 72.6 Å². The molecule has 0 amide bonds. The largest absolute Gasteiger partial charge is 0.573 e. The van der Waals surface area contributed by atoms with Gasteiger partial charge in [0.2, 0.25) is 0 Å². The summed E-state index contributed by atoms with van der Waals surface area (Å²) in [6.45, 7) is 1.63. The van der Waals surface area contributed by atoms with E-state index < -0.39 is 23.9 Å². The minimum Gasteiger partial charge on any atom is -0.497 e. The van der Waals surface area contributed by atoms with Gasteiger partial charge in [0.25, 0.3) is 0 Å². The van der Waals surface area contributed by atoms with Crippen LogP contribution >= 0.6 is 23.4 Å². The number of carbonyl (C=O) groups excluding carboxylic acids is 1. The van der Waals surface area contributed by atoms with Gasteiger partial charge >= 0.3 is 6.36 Å². The number of carbonyl (C=O) groups is 1. The molecular weight excluding hydrogens is 541 g/mol. The molecule has 3 aromatic carbocycles. The van der Waals surface area contributed by atoms with Crippen molar-refractivity contribution in [2.24, 2.45) is 0 Å². The molecule has 1 atom stereocenters. The molecule has 0 spiro atoms. The number of aryl methyl sites for hydroxylation is 1. The highest BCUT2D eigenvalue weighted by molar-refractivity contribution is 7.98. The van der Waals surface area contributed by atoms with E-state index in [4.69, 9.17) is 21.1 Å². The first-order chi connectivity index (χ1) is 18.0. The summed E-state index contributed by atoms with van der Waals surface area (Å²) in [7, 11) is 3.01. The van der Waals surface area contributed by atoms with Crippen LogP contribution in [0.25, 0.3) is 10.9 Å². The number of benzene rings is 3. The van der Waals surface area contributed by atoms with Gasteiger partial charge in [0.15, 0.2) is 5.78 Å². The molecule has 0 aliphatic carbocycles. The van der Waals surface area contributed by atoms with E-state index in [0.717, 1.165) is 4.90 Å². The first-order valence-corrected chi connectivity index (χ1v) is 12.9. The quantitative estimate of drug-likeness (QED) is 0.160. The Hall–Kier alpha value is -3.50. The Bertz CT molecular complexity index is 1470. The second-order valence-corrected chi connectivity index (χ2v) is 9.66. The fourth-order valence-corrected chi connectivity index (χ4v) is 4.84. The average molecular weight is 565 g/mol. The number of methoxy groups -OCH3 is 2. The number of nitrogens with one attached hydrogen (secondary N) is 2. The third-order valence-corrected chi connectivity index (χ3v) is 6.83. The molecule has 4 rings (SSSR count). The number of ketones is 1. The summed E-state index contributed by atoms with van der Waals surface area (Å²) in [4.78, 5) is 18.0. The van der Waals surface area contributed by atoms with Crippen LogP contribution in [0.1, 0.15) is 27.5 Å². The molecule has 1 unspecified atom stereocenters.